The summed E-state index contributed by atoms with van der Waals surface area (Å²) in [7, 11) is 0. The van der Waals surface area contributed by atoms with E-state index in [-0.39, 0.29) is 23.4 Å². The van der Waals surface area contributed by atoms with Crippen LogP contribution in [0.25, 0.3) is 16.3 Å². The Bertz CT molecular complexity index is 1060. The number of aromatic nitrogens is 1. The van der Waals surface area contributed by atoms with Crippen molar-refractivity contribution in [2.24, 2.45) is 0 Å². The Kier molecular flexibility index (Phi) is 4.74. The Hall–Kier alpha value is -3.15. The maximum absolute atomic E-state index is 12.9. The van der Waals surface area contributed by atoms with Crippen LogP contribution in [0.1, 0.15) is 58.9 Å². The van der Waals surface area contributed by atoms with Gasteiger partial charge in [-0.2, -0.15) is 0 Å². The molecule has 0 unspecified atom stereocenters. The van der Waals surface area contributed by atoms with Gasteiger partial charge >= 0.3 is 11.9 Å². The number of nitrogens with zero attached hydrogens (tertiary/aromatic N) is 1. The molecular formula is C21H21NO5. The van der Waals surface area contributed by atoms with Gasteiger partial charge in [0.15, 0.2) is 6.29 Å². The number of carbonyl (C=O) groups excluding carboxylic acids is 3. The molecule has 0 bridgehead atoms. The standard InChI is InChI=1S/C21H21NO5/c1-5-26-20(25)18-15(12-23)16(19(24)27-21(2,3)4)17-14-9-7-6-8-13(14)10-11-22(17)18/h6-12H,5H2,1-4H3. The Morgan fingerprint density at radius 2 is 1.81 bits per heavy atom. The van der Waals surface area contributed by atoms with E-state index in [2.05, 4.69) is 0 Å². The highest BCUT2D eigenvalue weighted by Gasteiger charge is 2.31. The monoisotopic (exact) mass is 367 g/mol. The molecule has 0 atom stereocenters. The predicted molar refractivity (Wildman–Crippen MR) is 101 cm³/mol. The molecule has 0 radical (unpaired) electrons. The summed E-state index contributed by atoms with van der Waals surface area (Å²) in [5.74, 6) is -1.33. The van der Waals surface area contributed by atoms with E-state index >= 15 is 0 Å². The molecule has 0 aliphatic carbocycles. The van der Waals surface area contributed by atoms with E-state index in [0.717, 1.165) is 10.8 Å². The quantitative estimate of drug-likeness (QED) is 0.514. The van der Waals surface area contributed by atoms with Crippen LogP contribution in [0.4, 0.5) is 0 Å². The molecule has 0 amide bonds. The minimum Gasteiger partial charge on any atom is -0.461 e. The first-order valence-electron chi connectivity index (χ1n) is 8.70. The van der Waals surface area contributed by atoms with Gasteiger partial charge in [0.05, 0.1) is 23.3 Å². The molecule has 6 nitrogen and oxygen atoms in total. The lowest BCUT2D eigenvalue weighted by Crippen LogP contribution is -2.24. The summed E-state index contributed by atoms with van der Waals surface area (Å²) in [6.07, 6.45) is 2.16. The molecule has 6 heteroatoms. The molecule has 140 valence electrons. The maximum atomic E-state index is 12.9. The van der Waals surface area contributed by atoms with Crippen molar-refractivity contribution < 1.29 is 23.9 Å². The molecule has 0 saturated carbocycles. The average molecular weight is 367 g/mol. The molecular weight excluding hydrogens is 346 g/mol. The highest BCUT2D eigenvalue weighted by atomic mass is 16.6. The molecule has 1 aromatic carbocycles. The fraction of sp³-hybridized carbons (Fsp3) is 0.286. The van der Waals surface area contributed by atoms with Gasteiger partial charge in [-0.15, -0.1) is 0 Å². The molecule has 0 aliphatic rings. The van der Waals surface area contributed by atoms with E-state index in [1.807, 2.05) is 30.3 Å². The van der Waals surface area contributed by atoms with Crippen LogP contribution in [0.5, 0.6) is 0 Å². The molecule has 3 aromatic rings. The third kappa shape index (κ3) is 3.30. The summed E-state index contributed by atoms with van der Waals surface area (Å²) < 4.78 is 12.2. The molecule has 0 fully saturated rings. The molecule has 3 rings (SSSR count). The second kappa shape index (κ2) is 6.87. The fourth-order valence-electron chi connectivity index (χ4n) is 3.09. The first-order valence-corrected chi connectivity index (χ1v) is 8.70. The lowest BCUT2D eigenvalue weighted by Gasteiger charge is -2.19. The lowest BCUT2D eigenvalue weighted by atomic mass is 10.1. The predicted octanol–water partition coefficient (Wildman–Crippen LogP) is 4.04. The number of carbonyl (C=O) groups is 3. The second-order valence-corrected chi connectivity index (χ2v) is 7.10. The van der Waals surface area contributed by atoms with Crippen molar-refractivity contribution in [3.63, 3.8) is 0 Å². The summed E-state index contributed by atoms with van der Waals surface area (Å²) >= 11 is 0. The van der Waals surface area contributed by atoms with E-state index in [0.29, 0.717) is 11.8 Å². The highest BCUT2D eigenvalue weighted by Crippen LogP contribution is 2.31. The minimum atomic E-state index is -0.750. The van der Waals surface area contributed by atoms with Crippen molar-refractivity contribution in [2.75, 3.05) is 6.61 Å². The van der Waals surface area contributed by atoms with E-state index in [1.54, 1.807) is 33.9 Å². The maximum Gasteiger partial charge on any atom is 0.356 e. The number of pyridine rings is 1. The first-order chi connectivity index (χ1) is 12.8. The fourth-order valence-corrected chi connectivity index (χ4v) is 3.09. The summed E-state index contributed by atoms with van der Waals surface area (Å²) in [6.45, 7) is 7.06. The van der Waals surface area contributed by atoms with E-state index in [4.69, 9.17) is 9.47 Å². The molecule has 0 saturated heterocycles. The van der Waals surface area contributed by atoms with Gasteiger partial charge < -0.3 is 13.9 Å². The molecule has 2 aromatic heterocycles. The van der Waals surface area contributed by atoms with Gasteiger partial charge in [0.1, 0.15) is 11.3 Å². The topological polar surface area (TPSA) is 74.1 Å². The van der Waals surface area contributed by atoms with E-state index < -0.39 is 17.5 Å². The highest BCUT2D eigenvalue weighted by molar-refractivity contribution is 6.16. The van der Waals surface area contributed by atoms with Gasteiger partial charge in [0.25, 0.3) is 0 Å². The third-order valence-corrected chi connectivity index (χ3v) is 4.05. The number of hydrogen-bond donors (Lipinski definition) is 0. The molecule has 0 N–H and O–H groups in total. The van der Waals surface area contributed by atoms with Crippen molar-refractivity contribution in [1.29, 1.82) is 0 Å². The van der Waals surface area contributed by atoms with Crippen molar-refractivity contribution in [2.45, 2.75) is 33.3 Å². The molecule has 0 aliphatic heterocycles. The number of benzene rings is 1. The summed E-state index contributed by atoms with van der Waals surface area (Å²) in [5, 5.41) is 1.61. The SMILES string of the molecule is CCOC(=O)c1c(C=O)c(C(=O)OC(C)(C)C)c2c3ccccc3ccn12. The van der Waals surface area contributed by atoms with Gasteiger partial charge in [-0.3, -0.25) is 4.79 Å². The summed E-state index contributed by atoms with van der Waals surface area (Å²) in [4.78, 5) is 37.4. The van der Waals surface area contributed by atoms with Crippen LogP contribution in [0, 0.1) is 0 Å². The van der Waals surface area contributed by atoms with Gasteiger partial charge in [-0.05, 0) is 39.1 Å². The van der Waals surface area contributed by atoms with Crippen molar-refractivity contribution in [1.82, 2.24) is 4.40 Å². The average Bonchev–Trinajstić information content (AvgIpc) is 2.95. The zero-order valence-electron chi connectivity index (χ0n) is 15.7. The van der Waals surface area contributed by atoms with Crippen LogP contribution in [0.2, 0.25) is 0 Å². The number of fused-ring (bicyclic) bond motifs is 3. The number of esters is 2. The van der Waals surface area contributed by atoms with Crippen LogP contribution in [-0.4, -0.2) is 34.8 Å². The molecule has 2 heterocycles. The van der Waals surface area contributed by atoms with Crippen molar-refractivity contribution in [3.8, 4) is 0 Å². The first kappa shape index (κ1) is 18.6. The minimum absolute atomic E-state index is 0.0217. The lowest BCUT2D eigenvalue weighted by molar-refractivity contribution is 0.00708. The Morgan fingerprint density at radius 1 is 1.11 bits per heavy atom. The van der Waals surface area contributed by atoms with E-state index in [1.165, 1.54) is 4.40 Å². The number of aldehydes is 1. The van der Waals surface area contributed by atoms with Crippen molar-refractivity contribution in [3.05, 3.63) is 53.3 Å². The Balaban J connectivity index is 2.43. The Labute approximate surface area is 156 Å². The van der Waals surface area contributed by atoms with Crippen molar-refractivity contribution >= 4 is 34.5 Å². The smallest absolute Gasteiger partial charge is 0.356 e. The zero-order chi connectivity index (χ0) is 19.8. The number of hydrogen-bond acceptors (Lipinski definition) is 5. The Morgan fingerprint density at radius 3 is 2.44 bits per heavy atom. The van der Waals surface area contributed by atoms with Crippen LogP contribution in [0.15, 0.2) is 36.5 Å². The van der Waals surface area contributed by atoms with Gasteiger partial charge in [-0.1, -0.05) is 24.3 Å². The second-order valence-electron chi connectivity index (χ2n) is 7.10. The van der Waals surface area contributed by atoms with Crippen LogP contribution < -0.4 is 0 Å². The van der Waals surface area contributed by atoms with Crippen LogP contribution in [0.3, 0.4) is 0 Å². The van der Waals surface area contributed by atoms with Gasteiger partial charge in [0, 0.05) is 11.6 Å². The zero-order valence-corrected chi connectivity index (χ0v) is 15.7. The normalized spacial score (nSPS) is 11.6. The number of ether oxygens (including phenoxy) is 2. The molecule has 27 heavy (non-hydrogen) atoms. The number of rotatable bonds is 4. The van der Waals surface area contributed by atoms with Crippen LogP contribution >= 0.6 is 0 Å². The third-order valence-electron chi connectivity index (χ3n) is 4.05. The van der Waals surface area contributed by atoms with Gasteiger partial charge in [0.2, 0.25) is 0 Å². The summed E-state index contributed by atoms with van der Waals surface area (Å²) in [5.41, 5.74) is -0.236. The summed E-state index contributed by atoms with van der Waals surface area (Å²) in [6, 6.07) is 9.26. The molecule has 0 spiro atoms. The van der Waals surface area contributed by atoms with Gasteiger partial charge in [-0.25, -0.2) is 9.59 Å². The van der Waals surface area contributed by atoms with E-state index in [9.17, 15) is 14.4 Å². The largest absolute Gasteiger partial charge is 0.461 e. The van der Waals surface area contributed by atoms with Crippen LogP contribution in [-0.2, 0) is 9.47 Å².